The van der Waals surface area contributed by atoms with Crippen LogP contribution < -0.4 is 9.64 Å². The SMILES string of the molecule is O=C(N(CC12CCC(c3nc(C4CC4)no3)(CC1)CC2)c1cccc(-c2ccnc(OC3CC3)n2)c1)C12CC(F)(C1)C2. The zero-order valence-electron chi connectivity index (χ0n) is 23.9. The second-order valence-corrected chi connectivity index (χ2v) is 14.5. The molecule has 0 atom stereocenters. The number of anilines is 1. The fourth-order valence-corrected chi connectivity index (χ4v) is 8.30. The van der Waals surface area contributed by atoms with Crippen LogP contribution in [0.5, 0.6) is 6.01 Å². The summed E-state index contributed by atoms with van der Waals surface area (Å²) < 4.78 is 26.3. The largest absolute Gasteiger partial charge is 0.460 e. The predicted molar refractivity (Wildman–Crippen MR) is 152 cm³/mol. The highest BCUT2D eigenvalue weighted by molar-refractivity contribution is 6.00. The van der Waals surface area contributed by atoms with Crippen LogP contribution in [0.25, 0.3) is 11.3 Å². The molecule has 8 nitrogen and oxygen atoms in total. The van der Waals surface area contributed by atoms with Gasteiger partial charge in [0, 0.05) is 35.3 Å². The van der Waals surface area contributed by atoms with Gasteiger partial charge in [0.2, 0.25) is 11.8 Å². The quantitative estimate of drug-likeness (QED) is 0.292. The van der Waals surface area contributed by atoms with Gasteiger partial charge in [-0.15, -0.1) is 0 Å². The number of carbonyl (C=O) groups excluding carboxylic acids is 1. The third kappa shape index (κ3) is 4.02. The van der Waals surface area contributed by atoms with Crippen LogP contribution in [0.15, 0.2) is 41.1 Å². The molecule has 8 aliphatic rings. The molecule has 4 bridgehead atoms. The number of hydrogen-bond donors (Lipinski definition) is 0. The van der Waals surface area contributed by atoms with Gasteiger partial charge in [-0.05, 0) is 107 Å². The number of amides is 1. The maximum atomic E-state index is 14.6. The summed E-state index contributed by atoms with van der Waals surface area (Å²) in [5.41, 5.74) is 0.881. The van der Waals surface area contributed by atoms with Crippen LogP contribution >= 0.6 is 0 Å². The first-order chi connectivity index (χ1) is 20.3. The average Bonchev–Trinajstić information content (AvgIpc) is 3.94. The molecule has 0 spiro atoms. The molecule has 0 unspecified atom stereocenters. The lowest BCUT2D eigenvalue weighted by Crippen LogP contribution is -2.71. The molecule has 0 N–H and O–H groups in total. The number of benzene rings is 1. The second-order valence-electron chi connectivity index (χ2n) is 14.5. The lowest BCUT2D eigenvalue weighted by molar-refractivity contribution is -0.211. The number of rotatable bonds is 9. The monoisotopic (exact) mass is 569 g/mol. The first-order valence-corrected chi connectivity index (χ1v) is 15.8. The van der Waals surface area contributed by atoms with Gasteiger partial charge in [0.15, 0.2) is 5.82 Å². The minimum absolute atomic E-state index is 0.0294. The van der Waals surface area contributed by atoms with E-state index < -0.39 is 11.1 Å². The molecule has 0 radical (unpaired) electrons. The van der Waals surface area contributed by atoms with E-state index in [2.05, 4.69) is 21.2 Å². The molecule has 8 fully saturated rings. The highest BCUT2D eigenvalue weighted by Gasteiger charge is 2.73. The van der Waals surface area contributed by atoms with Crippen molar-refractivity contribution in [2.45, 2.75) is 107 Å². The topological polar surface area (TPSA) is 94.2 Å². The number of halogens is 1. The third-order valence-corrected chi connectivity index (χ3v) is 11.3. The maximum Gasteiger partial charge on any atom is 0.317 e. The minimum Gasteiger partial charge on any atom is -0.460 e. The fourth-order valence-electron chi connectivity index (χ4n) is 8.30. The minimum atomic E-state index is -1.13. The van der Waals surface area contributed by atoms with Crippen molar-refractivity contribution in [2.75, 3.05) is 11.4 Å². The van der Waals surface area contributed by atoms with Crippen LogP contribution in [0.1, 0.15) is 101 Å². The summed E-state index contributed by atoms with van der Waals surface area (Å²) in [6.07, 6.45) is 13.5. The van der Waals surface area contributed by atoms with E-state index in [1.54, 1.807) is 6.20 Å². The van der Waals surface area contributed by atoms with Crippen LogP contribution in [0, 0.1) is 10.8 Å². The first-order valence-electron chi connectivity index (χ1n) is 15.8. The van der Waals surface area contributed by atoms with Crippen molar-refractivity contribution in [3.63, 3.8) is 0 Å². The van der Waals surface area contributed by atoms with E-state index in [1.807, 2.05) is 29.2 Å². The molecule has 1 amide bonds. The van der Waals surface area contributed by atoms with E-state index >= 15 is 0 Å². The smallest absolute Gasteiger partial charge is 0.317 e. The molecule has 218 valence electrons. The van der Waals surface area contributed by atoms with Crippen molar-refractivity contribution in [2.24, 2.45) is 10.8 Å². The van der Waals surface area contributed by atoms with E-state index in [9.17, 15) is 9.18 Å². The summed E-state index contributed by atoms with van der Waals surface area (Å²) in [5.74, 6) is 2.29. The molecule has 11 rings (SSSR count). The third-order valence-electron chi connectivity index (χ3n) is 11.3. The van der Waals surface area contributed by atoms with Crippen LogP contribution in [0.3, 0.4) is 0 Å². The lowest BCUT2D eigenvalue weighted by atomic mass is 9.41. The average molecular weight is 570 g/mol. The number of nitrogens with zero attached hydrogens (tertiary/aromatic N) is 5. The molecule has 3 aromatic rings. The molecule has 2 aromatic heterocycles. The maximum absolute atomic E-state index is 14.6. The van der Waals surface area contributed by atoms with Crippen LogP contribution in [-0.4, -0.2) is 44.3 Å². The van der Waals surface area contributed by atoms with Crippen LogP contribution in [0.2, 0.25) is 0 Å². The molecular weight excluding hydrogens is 533 g/mol. The van der Waals surface area contributed by atoms with Gasteiger partial charge in [0.25, 0.3) is 0 Å². The summed E-state index contributed by atoms with van der Waals surface area (Å²) in [7, 11) is 0. The molecular formula is C33H36FN5O3. The van der Waals surface area contributed by atoms with Gasteiger partial charge < -0.3 is 14.2 Å². The highest BCUT2D eigenvalue weighted by atomic mass is 19.1. The first kappa shape index (κ1) is 25.2. The van der Waals surface area contributed by atoms with E-state index in [-0.39, 0.29) is 22.8 Å². The van der Waals surface area contributed by atoms with Gasteiger partial charge >= 0.3 is 6.01 Å². The summed E-state index contributed by atoms with van der Waals surface area (Å²) in [5, 5.41) is 4.31. The zero-order chi connectivity index (χ0) is 28.2. The Morgan fingerprint density at radius 1 is 1.00 bits per heavy atom. The molecule has 8 aliphatic carbocycles. The van der Waals surface area contributed by atoms with Crippen molar-refractivity contribution in [3.05, 3.63) is 48.2 Å². The van der Waals surface area contributed by atoms with Gasteiger partial charge in [-0.25, -0.2) is 9.37 Å². The van der Waals surface area contributed by atoms with Crippen LogP contribution in [0.4, 0.5) is 10.1 Å². The molecule has 8 saturated carbocycles. The number of carbonyl (C=O) groups is 1. The summed E-state index contributed by atoms with van der Waals surface area (Å²) in [4.78, 5) is 30.0. The number of aromatic nitrogens is 4. The molecule has 0 saturated heterocycles. The summed E-state index contributed by atoms with van der Waals surface area (Å²) >= 11 is 0. The second kappa shape index (κ2) is 8.60. The number of ether oxygens (including phenoxy) is 1. The molecule has 42 heavy (non-hydrogen) atoms. The Balaban J connectivity index is 0.994. The molecule has 2 heterocycles. The van der Waals surface area contributed by atoms with Gasteiger partial charge in [-0.2, -0.15) is 9.97 Å². The Morgan fingerprint density at radius 2 is 1.76 bits per heavy atom. The van der Waals surface area contributed by atoms with Crippen molar-refractivity contribution >= 4 is 11.6 Å². The van der Waals surface area contributed by atoms with Gasteiger partial charge in [0.1, 0.15) is 11.8 Å². The van der Waals surface area contributed by atoms with Gasteiger partial charge in [-0.1, -0.05) is 17.3 Å². The molecule has 9 heteroatoms. The normalized spacial score (nSPS) is 34.4. The Hall–Kier alpha value is -3.36. The van der Waals surface area contributed by atoms with Crippen molar-refractivity contribution in [3.8, 4) is 17.3 Å². The summed E-state index contributed by atoms with van der Waals surface area (Å²) in [6, 6.07) is 10.4. The molecule has 1 aromatic carbocycles. The molecule has 0 aliphatic heterocycles. The van der Waals surface area contributed by atoms with E-state index in [4.69, 9.17) is 14.2 Å². The van der Waals surface area contributed by atoms with E-state index in [0.717, 1.165) is 92.9 Å². The number of hydrogen-bond acceptors (Lipinski definition) is 7. The van der Waals surface area contributed by atoms with Gasteiger partial charge in [-0.3, -0.25) is 4.79 Å². The Kier molecular flexibility index (Phi) is 5.15. The number of alkyl halides is 1. The Bertz CT molecular complexity index is 1530. The van der Waals surface area contributed by atoms with Crippen molar-refractivity contribution in [1.29, 1.82) is 0 Å². The Morgan fingerprint density at radius 3 is 2.45 bits per heavy atom. The van der Waals surface area contributed by atoms with E-state index in [1.165, 1.54) is 0 Å². The highest BCUT2D eigenvalue weighted by Crippen LogP contribution is 2.70. The van der Waals surface area contributed by atoms with Crippen LogP contribution in [-0.2, 0) is 10.2 Å². The van der Waals surface area contributed by atoms with Gasteiger partial charge in [0.05, 0.1) is 11.1 Å². The Labute approximate surface area is 244 Å². The van der Waals surface area contributed by atoms with E-state index in [0.29, 0.717) is 37.7 Å². The van der Waals surface area contributed by atoms with Crippen molar-refractivity contribution < 1.29 is 18.4 Å². The fraction of sp³-hybridized carbons (Fsp3) is 0.606. The lowest BCUT2D eigenvalue weighted by Gasteiger charge is -2.65. The number of fused-ring (bicyclic) bond motifs is 3. The van der Waals surface area contributed by atoms with Crippen molar-refractivity contribution in [1.82, 2.24) is 20.1 Å². The standard InChI is InChI=1S/C33H36FN5O3/c34-33-17-32(18-33,19-33)28(40)39(23-3-1-2-22(16-23)25-8-15-35-29(36-25)41-24-6-7-24)20-30-9-12-31(13-10-30,14-11-30)27-37-26(38-42-27)21-4-5-21/h1-3,8,15-16,21,24H,4-7,9-14,17-20H2. The predicted octanol–water partition coefficient (Wildman–Crippen LogP) is 6.46. The summed E-state index contributed by atoms with van der Waals surface area (Å²) in [6.45, 7) is 0.656. The zero-order valence-corrected chi connectivity index (χ0v) is 23.9.